The third kappa shape index (κ3) is 6.10. The van der Waals surface area contributed by atoms with E-state index in [1.54, 1.807) is 18.9 Å². The summed E-state index contributed by atoms with van der Waals surface area (Å²) in [6, 6.07) is 15.5. The molecule has 5 heteroatoms. The fourth-order valence-electron chi connectivity index (χ4n) is 2.24. The molecule has 24 heavy (non-hydrogen) atoms. The van der Waals surface area contributed by atoms with Gasteiger partial charge in [-0.2, -0.15) is 0 Å². The molecule has 0 aromatic heterocycles. The second kappa shape index (κ2) is 9.60. The van der Waals surface area contributed by atoms with Crippen LogP contribution in [0.2, 0.25) is 5.02 Å². The number of rotatable bonds is 8. The fourth-order valence-corrected chi connectivity index (χ4v) is 3.22. The van der Waals surface area contributed by atoms with Gasteiger partial charge < -0.3 is 10.1 Å². The lowest BCUT2D eigenvalue weighted by Crippen LogP contribution is -2.26. The number of nitrogens with one attached hydrogen (secondary N) is 1. The lowest BCUT2D eigenvalue weighted by Gasteiger charge is -2.14. The third-order valence-corrected chi connectivity index (χ3v) is 4.97. The Hall–Kier alpha value is -1.65. The highest BCUT2D eigenvalue weighted by Crippen LogP contribution is 2.21. The number of carbonyl (C=O) groups excluding carboxylic acids is 1. The van der Waals surface area contributed by atoms with Crippen LogP contribution in [0.15, 0.2) is 53.4 Å². The molecule has 1 N–H and O–H groups in total. The van der Waals surface area contributed by atoms with Crippen LogP contribution >= 0.6 is 23.4 Å². The van der Waals surface area contributed by atoms with Gasteiger partial charge in [-0.25, -0.2) is 0 Å². The number of hydrogen-bond donors (Lipinski definition) is 1. The first-order valence-corrected chi connectivity index (χ1v) is 9.26. The van der Waals surface area contributed by atoms with Gasteiger partial charge in [0.2, 0.25) is 5.91 Å². The Bertz CT molecular complexity index is 643. The van der Waals surface area contributed by atoms with Crippen LogP contribution in [0.1, 0.15) is 31.4 Å². The Kier molecular flexibility index (Phi) is 7.47. The molecule has 0 saturated heterocycles. The van der Waals surface area contributed by atoms with E-state index in [0.717, 1.165) is 28.5 Å². The zero-order valence-corrected chi connectivity index (χ0v) is 15.5. The Morgan fingerprint density at radius 2 is 1.83 bits per heavy atom. The summed E-state index contributed by atoms with van der Waals surface area (Å²) in [5.74, 6) is 1.80. The van der Waals surface area contributed by atoms with Gasteiger partial charge in [0.25, 0.3) is 0 Å². The largest absolute Gasteiger partial charge is 0.497 e. The molecule has 0 fully saturated rings. The number of amides is 1. The highest BCUT2D eigenvalue weighted by atomic mass is 35.5. The molecule has 0 radical (unpaired) electrons. The molecule has 2 rings (SSSR count). The summed E-state index contributed by atoms with van der Waals surface area (Å²) in [6.07, 6.45) is 1.37. The minimum atomic E-state index is -0.00711. The average Bonchev–Trinajstić information content (AvgIpc) is 2.60. The summed E-state index contributed by atoms with van der Waals surface area (Å²) in [6.45, 7) is 1.99. The molecule has 2 aromatic rings. The van der Waals surface area contributed by atoms with Crippen molar-refractivity contribution in [3.63, 3.8) is 0 Å². The topological polar surface area (TPSA) is 38.3 Å². The molecule has 0 unspecified atom stereocenters. The highest BCUT2D eigenvalue weighted by molar-refractivity contribution is 7.99. The first-order valence-electron chi connectivity index (χ1n) is 7.90. The van der Waals surface area contributed by atoms with Gasteiger partial charge in [0.15, 0.2) is 0 Å². The molecule has 0 aliphatic heterocycles. The summed E-state index contributed by atoms with van der Waals surface area (Å²) in [4.78, 5) is 13.2. The summed E-state index contributed by atoms with van der Waals surface area (Å²) >= 11 is 7.60. The number of benzene rings is 2. The molecule has 0 aliphatic rings. The molecule has 1 amide bonds. The summed E-state index contributed by atoms with van der Waals surface area (Å²) in [5.41, 5.74) is 1.07. The Balaban J connectivity index is 1.69. The standard InChI is InChI=1S/C19H22ClNO2S/c1-14(15-5-9-17(23-2)10-6-15)21-19(22)4-3-13-24-18-11-7-16(20)8-12-18/h5-12,14H,3-4,13H2,1-2H3,(H,21,22)/t14-/m0/s1. The number of carbonyl (C=O) groups is 1. The van der Waals surface area contributed by atoms with Gasteiger partial charge in [-0.3, -0.25) is 4.79 Å². The summed E-state index contributed by atoms with van der Waals surface area (Å²) in [5, 5.41) is 3.78. The maximum atomic E-state index is 12.0. The Morgan fingerprint density at radius 1 is 1.17 bits per heavy atom. The van der Waals surface area contributed by atoms with E-state index in [2.05, 4.69) is 5.32 Å². The Morgan fingerprint density at radius 3 is 2.46 bits per heavy atom. The van der Waals surface area contributed by atoms with E-state index in [0.29, 0.717) is 6.42 Å². The van der Waals surface area contributed by atoms with Crippen LogP contribution in [0.25, 0.3) is 0 Å². The van der Waals surface area contributed by atoms with E-state index in [1.807, 2.05) is 55.5 Å². The summed E-state index contributed by atoms with van der Waals surface area (Å²) in [7, 11) is 1.64. The molecule has 0 spiro atoms. The van der Waals surface area contributed by atoms with Gasteiger partial charge >= 0.3 is 0 Å². The van der Waals surface area contributed by atoms with Gasteiger partial charge in [0, 0.05) is 16.3 Å². The second-order valence-electron chi connectivity index (χ2n) is 5.47. The zero-order chi connectivity index (χ0) is 17.4. The number of methoxy groups -OCH3 is 1. The van der Waals surface area contributed by atoms with Crippen molar-refractivity contribution in [2.45, 2.75) is 30.7 Å². The molecule has 3 nitrogen and oxygen atoms in total. The normalized spacial score (nSPS) is 11.8. The average molecular weight is 364 g/mol. The van der Waals surface area contributed by atoms with Gasteiger partial charge in [-0.05, 0) is 61.1 Å². The minimum absolute atomic E-state index is 0.00711. The van der Waals surface area contributed by atoms with Crippen LogP contribution in [-0.2, 0) is 4.79 Å². The van der Waals surface area contributed by atoms with Crippen molar-refractivity contribution in [3.8, 4) is 5.75 Å². The lowest BCUT2D eigenvalue weighted by molar-refractivity contribution is -0.121. The smallest absolute Gasteiger partial charge is 0.220 e. The molecular weight excluding hydrogens is 342 g/mol. The van der Waals surface area contributed by atoms with Crippen molar-refractivity contribution in [1.29, 1.82) is 0 Å². The van der Waals surface area contributed by atoms with Crippen molar-refractivity contribution in [2.24, 2.45) is 0 Å². The fraction of sp³-hybridized carbons (Fsp3) is 0.316. The van der Waals surface area contributed by atoms with Crippen molar-refractivity contribution < 1.29 is 9.53 Å². The van der Waals surface area contributed by atoms with Crippen LogP contribution in [0.3, 0.4) is 0 Å². The van der Waals surface area contributed by atoms with Gasteiger partial charge in [0.1, 0.15) is 5.75 Å². The van der Waals surface area contributed by atoms with Gasteiger partial charge in [-0.1, -0.05) is 23.7 Å². The first-order chi connectivity index (χ1) is 11.6. The molecular formula is C19H22ClNO2S. The molecule has 0 saturated carbocycles. The maximum absolute atomic E-state index is 12.0. The van der Waals surface area contributed by atoms with E-state index < -0.39 is 0 Å². The Labute approximate surface area is 152 Å². The SMILES string of the molecule is COc1ccc([C@H](C)NC(=O)CCCSc2ccc(Cl)cc2)cc1. The van der Waals surface area contributed by atoms with Crippen molar-refractivity contribution in [1.82, 2.24) is 5.32 Å². The molecule has 128 valence electrons. The molecule has 0 bridgehead atoms. The predicted octanol–water partition coefficient (Wildman–Crippen LogP) is 5.10. The molecule has 0 heterocycles. The lowest BCUT2D eigenvalue weighted by atomic mass is 10.1. The van der Waals surface area contributed by atoms with Gasteiger partial charge in [0.05, 0.1) is 13.2 Å². The number of thioether (sulfide) groups is 1. The highest BCUT2D eigenvalue weighted by Gasteiger charge is 2.09. The third-order valence-electron chi connectivity index (χ3n) is 3.62. The van der Waals surface area contributed by atoms with Crippen LogP contribution in [0, 0.1) is 0 Å². The molecule has 0 aliphatic carbocycles. The minimum Gasteiger partial charge on any atom is -0.497 e. The van der Waals surface area contributed by atoms with Crippen LogP contribution in [0.4, 0.5) is 0 Å². The van der Waals surface area contributed by atoms with Crippen molar-refractivity contribution in [2.75, 3.05) is 12.9 Å². The van der Waals surface area contributed by atoms with Crippen LogP contribution in [-0.4, -0.2) is 18.8 Å². The molecule has 1 atom stereocenters. The van der Waals surface area contributed by atoms with Crippen molar-refractivity contribution >= 4 is 29.3 Å². The quantitative estimate of drug-likeness (QED) is 0.524. The van der Waals surface area contributed by atoms with E-state index in [1.165, 1.54) is 4.90 Å². The van der Waals surface area contributed by atoms with E-state index >= 15 is 0 Å². The number of ether oxygens (including phenoxy) is 1. The van der Waals surface area contributed by atoms with E-state index in [4.69, 9.17) is 16.3 Å². The summed E-state index contributed by atoms with van der Waals surface area (Å²) < 4.78 is 5.14. The van der Waals surface area contributed by atoms with E-state index in [-0.39, 0.29) is 11.9 Å². The van der Waals surface area contributed by atoms with Crippen molar-refractivity contribution in [3.05, 3.63) is 59.1 Å². The van der Waals surface area contributed by atoms with Gasteiger partial charge in [-0.15, -0.1) is 11.8 Å². The maximum Gasteiger partial charge on any atom is 0.220 e. The number of halogens is 1. The number of hydrogen-bond acceptors (Lipinski definition) is 3. The predicted molar refractivity (Wildman–Crippen MR) is 101 cm³/mol. The molecule has 2 aromatic carbocycles. The van der Waals surface area contributed by atoms with E-state index in [9.17, 15) is 4.79 Å². The first kappa shape index (κ1) is 18.7. The second-order valence-corrected chi connectivity index (χ2v) is 7.07. The van der Waals surface area contributed by atoms with Crippen LogP contribution in [0.5, 0.6) is 5.75 Å². The zero-order valence-electron chi connectivity index (χ0n) is 13.9. The monoisotopic (exact) mass is 363 g/mol. The van der Waals surface area contributed by atoms with Crippen LogP contribution < -0.4 is 10.1 Å².